The van der Waals surface area contributed by atoms with Crippen LogP contribution < -0.4 is 5.32 Å². The molecule has 0 saturated carbocycles. The van der Waals surface area contributed by atoms with E-state index in [2.05, 4.69) is 16.5 Å². The van der Waals surface area contributed by atoms with Gasteiger partial charge in [-0.25, -0.2) is 8.42 Å². The van der Waals surface area contributed by atoms with E-state index in [9.17, 15) is 8.42 Å². The first-order valence-corrected chi connectivity index (χ1v) is 10.6. The van der Waals surface area contributed by atoms with E-state index in [1.54, 1.807) is 6.20 Å². The number of hydrogen-bond acceptors (Lipinski definition) is 4. The smallest absolute Gasteiger partial charge is 0.264 e. The maximum atomic E-state index is 13.6. The van der Waals surface area contributed by atoms with E-state index in [0.29, 0.717) is 17.9 Å². The number of rotatable bonds is 3. The summed E-state index contributed by atoms with van der Waals surface area (Å²) in [5.74, 6) is 0.462. The van der Waals surface area contributed by atoms with Gasteiger partial charge in [-0.1, -0.05) is 41.5 Å². The number of aromatic nitrogens is 2. The van der Waals surface area contributed by atoms with E-state index in [4.69, 9.17) is 0 Å². The Hall–Kier alpha value is -1.92. The average Bonchev–Trinajstić information content (AvgIpc) is 3.09. The quantitative estimate of drug-likeness (QED) is 0.900. The third-order valence-corrected chi connectivity index (χ3v) is 8.38. The van der Waals surface area contributed by atoms with Crippen LogP contribution in [0.5, 0.6) is 0 Å². The lowest BCUT2D eigenvalue weighted by atomic mass is 9.79. The third-order valence-electron chi connectivity index (χ3n) is 6.03. The Labute approximate surface area is 154 Å². The summed E-state index contributed by atoms with van der Waals surface area (Å²) in [7, 11) is -3.68. The van der Waals surface area contributed by atoms with Crippen LogP contribution in [0.3, 0.4) is 0 Å². The Bertz CT molecular complexity index is 997. The van der Waals surface area contributed by atoms with Crippen molar-refractivity contribution in [2.45, 2.75) is 37.9 Å². The van der Waals surface area contributed by atoms with Gasteiger partial charge < -0.3 is 5.32 Å². The number of fused-ring (bicyclic) bond motifs is 1. The van der Waals surface area contributed by atoms with Crippen molar-refractivity contribution in [3.05, 3.63) is 53.8 Å². The summed E-state index contributed by atoms with van der Waals surface area (Å²) >= 11 is 0. The van der Waals surface area contributed by atoms with Crippen molar-refractivity contribution in [2.24, 2.45) is 5.92 Å². The van der Waals surface area contributed by atoms with E-state index in [1.807, 2.05) is 44.2 Å². The minimum absolute atomic E-state index is 0.462. The van der Waals surface area contributed by atoms with Crippen LogP contribution in [0.4, 0.5) is 0 Å². The van der Waals surface area contributed by atoms with E-state index in [0.717, 1.165) is 36.9 Å². The summed E-state index contributed by atoms with van der Waals surface area (Å²) in [6.45, 7) is 5.76. The summed E-state index contributed by atoms with van der Waals surface area (Å²) < 4.78 is 27.5. The van der Waals surface area contributed by atoms with Crippen LogP contribution in [0.25, 0.3) is 10.9 Å². The summed E-state index contributed by atoms with van der Waals surface area (Å²) in [4.78, 5) is 0. The molecule has 1 aliphatic carbocycles. The molecule has 2 aromatic rings. The molecule has 1 aliphatic heterocycles. The van der Waals surface area contributed by atoms with Gasteiger partial charge in [0.25, 0.3) is 10.0 Å². The normalized spacial score (nSPS) is 25.2. The first-order valence-electron chi connectivity index (χ1n) is 9.20. The highest BCUT2D eigenvalue weighted by atomic mass is 32.2. The molecule has 0 amide bonds. The zero-order valence-electron chi connectivity index (χ0n) is 15.3. The molecule has 0 radical (unpaired) electrons. The lowest BCUT2D eigenvalue weighted by Crippen LogP contribution is -2.43. The largest absolute Gasteiger partial charge is 0.317 e. The Morgan fingerprint density at radius 3 is 2.69 bits per heavy atom. The van der Waals surface area contributed by atoms with Crippen molar-refractivity contribution in [2.75, 3.05) is 13.1 Å². The second-order valence-electron chi connectivity index (χ2n) is 7.57. The Kier molecular flexibility index (Phi) is 4.28. The summed E-state index contributed by atoms with van der Waals surface area (Å²) in [5, 5.41) is 8.45. The first kappa shape index (κ1) is 17.5. The number of allylic oxidation sites excluding steroid dienone is 3. The molecule has 2 aliphatic rings. The number of piperidine rings is 1. The summed E-state index contributed by atoms with van der Waals surface area (Å²) in [6, 6.07) is 7.45. The van der Waals surface area contributed by atoms with Gasteiger partial charge in [0.05, 0.1) is 11.7 Å². The maximum Gasteiger partial charge on any atom is 0.264 e. The van der Waals surface area contributed by atoms with Crippen molar-refractivity contribution in [1.29, 1.82) is 0 Å². The SMILES string of the molecule is CC1=CC=C(C2CCNCC2)CC1(C)S(=O)(=O)n1ncc2ccccc21. The molecule has 2 heterocycles. The molecule has 1 fully saturated rings. The van der Waals surface area contributed by atoms with Gasteiger partial charge in [-0.2, -0.15) is 9.19 Å². The number of nitrogens with zero attached hydrogens (tertiary/aromatic N) is 2. The minimum Gasteiger partial charge on any atom is -0.317 e. The Morgan fingerprint density at radius 1 is 1.19 bits per heavy atom. The van der Waals surface area contributed by atoms with E-state index in [-0.39, 0.29) is 0 Å². The van der Waals surface area contributed by atoms with Crippen molar-refractivity contribution in [3.63, 3.8) is 0 Å². The monoisotopic (exact) mass is 371 g/mol. The van der Waals surface area contributed by atoms with E-state index in [1.165, 1.54) is 9.66 Å². The average molecular weight is 372 g/mol. The second kappa shape index (κ2) is 6.35. The fourth-order valence-corrected chi connectivity index (χ4v) is 5.90. The van der Waals surface area contributed by atoms with Gasteiger partial charge in [-0.3, -0.25) is 0 Å². The van der Waals surface area contributed by atoms with E-state index >= 15 is 0 Å². The number of nitrogens with one attached hydrogen (secondary N) is 1. The van der Waals surface area contributed by atoms with Gasteiger partial charge in [-0.05, 0) is 58.2 Å². The molecule has 26 heavy (non-hydrogen) atoms. The molecule has 4 rings (SSSR count). The molecule has 1 unspecified atom stereocenters. The molecule has 1 saturated heterocycles. The van der Waals surface area contributed by atoms with E-state index < -0.39 is 14.8 Å². The molecular weight excluding hydrogens is 346 g/mol. The lowest BCUT2D eigenvalue weighted by Gasteiger charge is -2.37. The molecule has 5 nitrogen and oxygen atoms in total. The molecule has 138 valence electrons. The number of para-hydroxylation sites is 1. The Morgan fingerprint density at radius 2 is 1.92 bits per heavy atom. The van der Waals surface area contributed by atoms with Crippen LogP contribution in [0.1, 0.15) is 33.1 Å². The van der Waals surface area contributed by atoms with Gasteiger partial charge in [0.2, 0.25) is 0 Å². The number of hydrogen-bond donors (Lipinski definition) is 1. The highest BCUT2D eigenvalue weighted by molar-refractivity contribution is 7.91. The van der Waals surface area contributed by atoms with Crippen LogP contribution in [-0.2, 0) is 10.0 Å². The molecule has 1 N–H and O–H groups in total. The lowest BCUT2D eigenvalue weighted by molar-refractivity contribution is 0.401. The molecule has 0 bridgehead atoms. The number of benzene rings is 1. The molecule has 1 aromatic heterocycles. The van der Waals surface area contributed by atoms with Crippen LogP contribution in [0.15, 0.2) is 53.8 Å². The standard InChI is InChI=1S/C20H25N3O2S/c1-15-7-8-17(16-9-11-21-12-10-16)13-20(15,2)26(24,25)23-19-6-4-3-5-18(19)14-22-23/h3-8,14,16,21H,9-13H2,1-2H3. The maximum absolute atomic E-state index is 13.6. The van der Waals surface area contributed by atoms with Gasteiger partial charge in [0.15, 0.2) is 0 Å². The zero-order chi connectivity index (χ0) is 18.4. The van der Waals surface area contributed by atoms with Crippen molar-refractivity contribution in [1.82, 2.24) is 14.5 Å². The predicted molar refractivity (Wildman–Crippen MR) is 105 cm³/mol. The van der Waals surface area contributed by atoms with Crippen molar-refractivity contribution >= 4 is 20.9 Å². The topological polar surface area (TPSA) is 64.0 Å². The molecule has 0 spiro atoms. The highest BCUT2D eigenvalue weighted by Crippen LogP contribution is 2.41. The first-order chi connectivity index (χ1) is 12.4. The van der Waals surface area contributed by atoms with Crippen LogP contribution >= 0.6 is 0 Å². The minimum atomic E-state index is -3.68. The van der Waals surface area contributed by atoms with Crippen LogP contribution in [0.2, 0.25) is 0 Å². The van der Waals surface area contributed by atoms with Gasteiger partial charge in [-0.15, -0.1) is 0 Å². The molecule has 6 heteroatoms. The molecular formula is C20H25N3O2S. The summed E-state index contributed by atoms with van der Waals surface area (Å²) in [6.07, 6.45) is 8.44. The molecule has 1 atom stereocenters. The fourth-order valence-electron chi connectivity index (χ4n) is 4.09. The summed E-state index contributed by atoms with van der Waals surface area (Å²) in [5.41, 5.74) is 2.76. The van der Waals surface area contributed by atoms with Crippen LogP contribution in [-0.4, -0.2) is 35.4 Å². The van der Waals surface area contributed by atoms with Crippen LogP contribution in [0, 0.1) is 5.92 Å². The van der Waals surface area contributed by atoms with Gasteiger partial charge >= 0.3 is 0 Å². The fraction of sp³-hybridized carbons (Fsp3) is 0.450. The predicted octanol–water partition coefficient (Wildman–Crippen LogP) is 3.25. The second-order valence-corrected chi connectivity index (χ2v) is 9.77. The molecule has 1 aromatic carbocycles. The van der Waals surface area contributed by atoms with Gasteiger partial charge in [0.1, 0.15) is 4.75 Å². The van der Waals surface area contributed by atoms with Gasteiger partial charge in [0, 0.05) is 5.39 Å². The highest BCUT2D eigenvalue weighted by Gasteiger charge is 2.45. The van der Waals surface area contributed by atoms with Crippen molar-refractivity contribution in [3.8, 4) is 0 Å². The zero-order valence-corrected chi connectivity index (χ0v) is 16.1. The third kappa shape index (κ3) is 2.63. The van der Waals surface area contributed by atoms with Crippen molar-refractivity contribution < 1.29 is 8.42 Å². The Balaban J connectivity index is 1.75.